The molecule has 0 bridgehead atoms. The van der Waals surface area contributed by atoms with Gasteiger partial charge in [0, 0.05) is 43.6 Å². The lowest BCUT2D eigenvalue weighted by molar-refractivity contribution is 0.199. The Hall–Kier alpha value is -2.00. The van der Waals surface area contributed by atoms with Gasteiger partial charge in [0.25, 0.3) is 0 Å². The van der Waals surface area contributed by atoms with Gasteiger partial charge >= 0.3 is 0 Å². The average Bonchev–Trinajstić information content (AvgIpc) is 2.56. The van der Waals surface area contributed by atoms with Crippen molar-refractivity contribution < 1.29 is 0 Å². The van der Waals surface area contributed by atoms with E-state index in [4.69, 9.17) is 5.73 Å². The van der Waals surface area contributed by atoms with Crippen LogP contribution in [0.4, 0.5) is 11.4 Å². The average molecular weight is 281 g/mol. The summed E-state index contributed by atoms with van der Waals surface area (Å²) in [6.45, 7) is 6.54. The van der Waals surface area contributed by atoms with Gasteiger partial charge in [0.2, 0.25) is 0 Å². The number of hydrogen-bond acceptors (Lipinski definition) is 3. The second-order valence-corrected chi connectivity index (χ2v) is 5.66. The Labute approximate surface area is 127 Å². The van der Waals surface area contributed by atoms with Crippen molar-refractivity contribution >= 4 is 11.4 Å². The van der Waals surface area contributed by atoms with Gasteiger partial charge in [-0.2, -0.15) is 0 Å². The van der Waals surface area contributed by atoms with Crippen LogP contribution in [0.25, 0.3) is 0 Å². The van der Waals surface area contributed by atoms with Gasteiger partial charge < -0.3 is 10.6 Å². The van der Waals surface area contributed by atoms with Crippen LogP contribution in [0.2, 0.25) is 0 Å². The van der Waals surface area contributed by atoms with Crippen LogP contribution in [0, 0.1) is 0 Å². The number of benzene rings is 2. The molecule has 0 aromatic heterocycles. The maximum Gasteiger partial charge on any atom is 0.0367 e. The summed E-state index contributed by atoms with van der Waals surface area (Å²) in [5.74, 6) is 0. The maximum atomic E-state index is 6.11. The van der Waals surface area contributed by atoms with Crippen LogP contribution in [0.3, 0.4) is 0 Å². The molecule has 1 aliphatic rings. The van der Waals surface area contributed by atoms with Crippen LogP contribution < -0.4 is 10.6 Å². The molecule has 1 aliphatic heterocycles. The molecule has 1 atom stereocenters. The van der Waals surface area contributed by atoms with E-state index in [1.54, 1.807) is 0 Å². The van der Waals surface area contributed by atoms with Crippen LogP contribution in [0.5, 0.6) is 0 Å². The zero-order valence-electron chi connectivity index (χ0n) is 12.6. The van der Waals surface area contributed by atoms with Gasteiger partial charge in [0.1, 0.15) is 0 Å². The molecule has 0 radical (unpaired) electrons. The Balaban J connectivity index is 1.65. The number of nitrogens with zero attached hydrogens (tertiary/aromatic N) is 2. The molecule has 3 rings (SSSR count). The fraction of sp³-hybridized carbons (Fsp3) is 0.333. The first-order chi connectivity index (χ1) is 10.3. The third-order valence-electron chi connectivity index (χ3n) is 4.43. The van der Waals surface area contributed by atoms with Gasteiger partial charge in [-0.15, -0.1) is 0 Å². The van der Waals surface area contributed by atoms with Crippen LogP contribution >= 0.6 is 0 Å². The molecular weight excluding hydrogens is 258 g/mol. The van der Waals surface area contributed by atoms with E-state index in [0.717, 1.165) is 31.9 Å². The number of nitrogen functional groups attached to an aromatic ring is 1. The highest BCUT2D eigenvalue weighted by molar-refractivity contribution is 5.49. The summed E-state index contributed by atoms with van der Waals surface area (Å²) in [4.78, 5) is 4.97. The summed E-state index contributed by atoms with van der Waals surface area (Å²) >= 11 is 0. The maximum absolute atomic E-state index is 6.11. The van der Waals surface area contributed by atoms with Gasteiger partial charge in [-0.05, 0) is 30.7 Å². The van der Waals surface area contributed by atoms with Crippen molar-refractivity contribution in [2.24, 2.45) is 0 Å². The lowest BCUT2D eigenvalue weighted by atomic mass is 10.0. The second-order valence-electron chi connectivity index (χ2n) is 5.66. The molecule has 21 heavy (non-hydrogen) atoms. The zero-order valence-corrected chi connectivity index (χ0v) is 12.6. The van der Waals surface area contributed by atoms with Gasteiger partial charge in [-0.25, -0.2) is 0 Å². The first kappa shape index (κ1) is 14.0. The van der Waals surface area contributed by atoms with Crippen LogP contribution in [0.1, 0.15) is 18.5 Å². The highest BCUT2D eigenvalue weighted by Crippen LogP contribution is 2.27. The molecule has 2 N–H and O–H groups in total. The molecule has 0 amide bonds. The number of nitrogens with two attached hydrogens (primary N) is 1. The van der Waals surface area contributed by atoms with E-state index < -0.39 is 0 Å². The van der Waals surface area contributed by atoms with E-state index >= 15 is 0 Å². The van der Waals surface area contributed by atoms with Crippen molar-refractivity contribution in [3.63, 3.8) is 0 Å². The predicted octanol–water partition coefficient (Wildman–Crippen LogP) is 3.15. The summed E-state index contributed by atoms with van der Waals surface area (Å²) in [6, 6.07) is 19.2. The van der Waals surface area contributed by atoms with Crippen LogP contribution in [0.15, 0.2) is 54.6 Å². The van der Waals surface area contributed by atoms with Crippen molar-refractivity contribution in [2.45, 2.75) is 13.0 Å². The minimum absolute atomic E-state index is 0.379. The van der Waals surface area contributed by atoms with E-state index in [1.807, 2.05) is 12.1 Å². The molecule has 1 saturated heterocycles. The Kier molecular flexibility index (Phi) is 4.11. The number of hydrogen-bond donors (Lipinski definition) is 1. The third kappa shape index (κ3) is 3.03. The molecule has 1 heterocycles. The first-order valence-corrected chi connectivity index (χ1v) is 7.64. The predicted molar refractivity (Wildman–Crippen MR) is 89.5 cm³/mol. The molecule has 2 aromatic carbocycles. The van der Waals surface area contributed by atoms with Gasteiger partial charge in [0.05, 0.1) is 0 Å². The Morgan fingerprint density at radius 2 is 1.48 bits per heavy atom. The minimum Gasteiger partial charge on any atom is -0.398 e. The fourth-order valence-corrected chi connectivity index (χ4v) is 3.09. The minimum atomic E-state index is 0.379. The molecule has 3 nitrogen and oxygen atoms in total. The van der Waals surface area contributed by atoms with Crippen molar-refractivity contribution in [3.8, 4) is 0 Å². The normalized spacial score (nSPS) is 17.7. The Bertz CT molecular complexity index is 574. The lowest BCUT2D eigenvalue weighted by Crippen LogP contribution is -2.47. The first-order valence-electron chi connectivity index (χ1n) is 7.64. The van der Waals surface area contributed by atoms with Crippen LogP contribution in [-0.4, -0.2) is 31.1 Å². The molecule has 3 heteroatoms. The zero-order chi connectivity index (χ0) is 14.7. The van der Waals surface area contributed by atoms with Gasteiger partial charge in [-0.3, -0.25) is 4.90 Å². The number of rotatable bonds is 3. The van der Waals surface area contributed by atoms with Crippen LogP contribution in [-0.2, 0) is 0 Å². The standard InChI is InChI=1S/C18H23N3/c1-15(17-9-5-6-10-18(17)19)20-11-13-21(14-12-20)16-7-3-2-4-8-16/h2-10,15H,11-14,19H2,1H3. The van der Waals surface area contributed by atoms with E-state index in [-0.39, 0.29) is 0 Å². The Morgan fingerprint density at radius 3 is 2.14 bits per heavy atom. The van der Waals surface area contributed by atoms with E-state index in [1.165, 1.54) is 11.3 Å². The topological polar surface area (TPSA) is 32.5 Å². The summed E-state index contributed by atoms with van der Waals surface area (Å²) in [5, 5.41) is 0. The quantitative estimate of drug-likeness (QED) is 0.877. The second kappa shape index (κ2) is 6.19. The molecule has 2 aromatic rings. The molecule has 1 unspecified atom stereocenters. The monoisotopic (exact) mass is 281 g/mol. The number of piperazine rings is 1. The highest BCUT2D eigenvalue weighted by Gasteiger charge is 2.23. The van der Waals surface area contributed by atoms with Crippen molar-refractivity contribution in [1.29, 1.82) is 0 Å². The third-order valence-corrected chi connectivity index (χ3v) is 4.43. The van der Waals surface area contributed by atoms with E-state index in [0.29, 0.717) is 6.04 Å². The van der Waals surface area contributed by atoms with Crippen molar-refractivity contribution in [2.75, 3.05) is 36.8 Å². The summed E-state index contributed by atoms with van der Waals surface area (Å²) in [6.07, 6.45) is 0. The molecule has 110 valence electrons. The number of para-hydroxylation sites is 2. The summed E-state index contributed by atoms with van der Waals surface area (Å²) in [7, 11) is 0. The fourth-order valence-electron chi connectivity index (χ4n) is 3.09. The molecule has 1 fully saturated rings. The van der Waals surface area contributed by atoms with Crippen molar-refractivity contribution in [3.05, 3.63) is 60.2 Å². The summed E-state index contributed by atoms with van der Waals surface area (Å²) < 4.78 is 0. The van der Waals surface area contributed by atoms with Gasteiger partial charge in [-0.1, -0.05) is 36.4 Å². The van der Waals surface area contributed by atoms with Crippen molar-refractivity contribution in [1.82, 2.24) is 4.90 Å². The van der Waals surface area contributed by atoms with E-state index in [9.17, 15) is 0 Å². The lowest BCUT2D eigenvalue weighted by Gasteiger charge is -2.39. The molecule has 0 spiro atoms. The van der Waals surface area contributed by atoms with E-state index in [2.05, 4.69) is 59.2 Å². The number of anilines is 2. The SMILES string of the molecule is CC(c1ccccc1N)N1CCN(c2ccccc2)CC1. The molecule has 0 saturated carbocycles. The molecular formula is C18H23N3. The Morgan fingerprint density at radius 1 is 0.857 bits per heavy atom. The smallest absolute Gasteiger partial charge is 0.0367 e. The van der Waals surface area contributed by atoms with Gasteiger partial charge in [0.15, 0.2) is 0 Å². The highest BCUT2D eigenvalue weighted by atomic mass is 15.3. The largest absolute Gasteiger partial charge is 0.398 e. The summed E-state index contributed by atoms with van der Waals surface area (Å²) in [5.41, 5.74) is 9.57. The molecule has 0 aliphatic carbocycles.